The molecule has 2 aliphatic heterocycles. The zero-order chi connectivity index (χ0) is 29.4. The number of carbonyl (C=O) groups is 4. The summed E-state index contributed by atoms with van der Waals surface area (Å²) < 4.78 is 8.29. The minimum Gasteiger partial charge on any atom is -0.456 e. The molecule has 2 aromatic carbocycles. The number of imide groups is 1. The Bertz CT molecular complexity index is 1850. The molecule has 0 radical (unpaired) electrons. The average Bonchev–Trinajstić information content (AvgIpc) is 3.27. The minimum absolute atomic E-state index is 0.0403. The summed E-state index contributed by atoms with van der Waals surface area (Å²) >= 11 is 0. The van der Waals surface area contributed by atoms with E-state index in [0.717, 1.165) is 17.3 Å². The van der Waals surface area contributed by atoms with Crippen molar-refractivity contribution in [3.05, 3.63) is 76.6 Å². The van der Waals surface area contributed by atoms with Gasteiger partial charge in [-0.3, -0.25) is 14.4 Å². The van der Waals surface area contributed by atoms with Crippen molar-refractivity contribution in [3.8, 4) is 22.5 Å². The molecule has 0 spiro atoms. The van der Waals surface area contributed by atoms with Crippen LogP contribution in [-0.4, -0.2) is 67.8 Å². The summed E-state index contributed by atoms with van der Waals surface area (Å²) in [6.45, 7) is 0. The van der Waals surface area contributed by atoms with Crippen LogP contribution in [0.5, 0.6) is 0 Å². The molecule has 2 amide bonds. The Morgan fingerprint density at radius 1 is 1.00 bits per heavy atom. The maximum atomic E-state index is 13.2. The summed E-state index contributed by atoms with van der Waals surface area (Å²) in [6, 6.07) is 15.7. The maximum Gasteiger partial charge on any atom is 0.363 e. The Labute approximate surface area is 234 Å². The van der Waals surface area contributed by atoms with E-state index in [0.29, 0.717) is 38.5 Å². The fourth-order valence-electron chi connectivity index (χ4n) is 4.72. The lowest BCUT2D eigenvalue weighted by atomic mass is 9.88. The topological polar surface area (TPSA) is 137 Å². The molecule has 5 rings (SSSR count). The van der Waals surface area contributed by atoms with Crippen molar-refractivity contribution < 1.29 is 33.2 Å². The van der Waals surface area contributed by atoms with Gasteiger partial charge in [-0.05, 0) is 35.9 Å². The molecular formula is C30H26N5O6+. The highest BCUT2D eigenvalue weighted by Gasteiger charge is 2.33. The molecule has 41 heavy (non-hydrogen) atoms. The van der Waals surface area contributed by atoms with E-state index in [-0.39, 0.29) is 24.0 Å². The number of nitrogens with zero attached hydrogens (tertiary/aromatic N) is 5. The molecule has 1 saturated heterocycles. The first-order valence-electron chi connectivity index (χ1n) is 12.7. The number of hydrogen-bond acceptors (Lipinski definition) is 7. The van der Waals surface area contributed by atoms with Crippen LogP contribution < -0.4 is 14.8 Å². The first-order valence-corrected chi connectivity index (χ1v) is 12.7. The Morgan fingerprint density at radius 3 is 2.37 bits per heavy atom. The summed E-state index contributed by atoms with van der Waals surface area (Å²) in [5.74, 6) is -2.34. The molecule has 2 heterocycles. The van der Waals surface area contributed by atoms with Crippen molar-refractivity contribution in [1.82, 2.24) is 9.64 Å². The SMILES string of the molecule is CN(C)c1ccc2c(-c3ccc(C(=O)ON4C(=O)CCC4=O)cc3C(=O)C=[N+]=[N-])c3ccc(=[N+](C)C)cc-3oc2c1. The highest BCUT2D eigenvalue weighted by molar-refractivity contribution is 6.35. The first-order chi connectivity index (χ1) is 19.6. The molecule has 0 N–H and O–H groups in total. The lowest BCUT2D eigenvalue weighted by molar-refractivity contribution is -0.172. The third kappa shape index (κ3) is 5.02. The van der Waals surface area contributed by atoms with Crippen LogP contribution in [0.2, 0.25) is 0 Å². The summed E-state index contributed by atoms with van der Waals surface area (Å²) in [7, 11) is 7.66. The molecule has 0 atom stereocenters. The van der Waals surface area contributed by atoms with Gasteiger partial charge in [0.2, 0.25) is 5.36 Å². The molecule has 0 unspecified atom stereocenters. The van der Waals surface area contributed by atoms with Crippen molar-refractivity contribution in [2.45, 2.75) is 12.8 Å². The minimum atomic E-state index is -0.987. The third-order valence-electron chi connectivity index (χ3n) is 6.87. The molecule has 0 saturated carbocycles. The number of Topliss-reactive ketones (excluding diaryl/α,β-unsaturated/α-hetero) is 1. The highest BCUT2D eigenvalue weighted by atomic mass is 16.7. The molecule has 11 nitrogen and oxygen atoms in total. The van der Waals surface area contributed by atoms with Crippen LogP contribution in [0.1, 0.15) is 33.6 Å². The number of benzene rings is 3. The van der Waals surface area contributed by atoms with E-state index >= 15 is 0 Å². The Morgan fingerprint density at radius 2 is 1.71 bits per heavy atom. The zero-order valence-electron chi connectivity index (χ0n) is 22.9. The van der Waals surface area contributed by atoms with Gasteiger partial charge in [-0.1, -0.05) is 6.07 Å². The van der Waals surface area contributed by atoms with E-state index in [1.54, 1.807) is 6.07 Å². The molecule has 206 valence electrons. The van der Waals surface area contributed by atoms with E-state index in [1.807, 2.05) is 74.1 Å². The average molecular weight is 553 g/mol. The first kappa shape index (κ1) is 27.2. The van der Waals surface area contributed by atoms with Crippen molar-refractivity contribution >= 4 is 46.4 Å². The van der Waals surface area contributed by atoms with Crippen molar-refractivity contribution in [2.24, 2.45) is 0 Å². The smallest absolute Gasteiger partial charge is 0.363 e. The number of fused-ring (bicyclic) bond motifs is 2. The fraction of sp³-hybridized carbons (Fsp3) is 0.200. The molecule has 0 bridgehead atoms. The lowest BCUT2D eigenvalue weighted by Crippen LogP contribution is -2.32. The molecule has 1 aliphatic carbocycles. The van der Waals surface area contributed by atoms with Gasteiger partial charge in [0, 0.05) is 66.8 Å². The Hall–Kier alpha value is -5.41. The number of anilines is 1. The number of ketones is 1. The second kappa shape index (κ2) is 10.6. The van der Waals surface area contributed by atoms with Gasteiger partial charge in [-0.25, -0.2) is 9.37 Å². The second-order valence-electron chi connectivity index (χ2n) is 9.96. The summed E-state index contributed by atoms with van der Waals surface area (Å²) in [5.41, 5.74) is 12.4. The molecule has 0 aromatic heterocycles. The van der Waals surface area contributed by atoms with Gasteiger partial charge >= 0.3 is 12.2 Å². The standard InChI is InChI=1S/C30H26N5O6/c1-33(2)18-6-9-21-25(14-18)40-26-15-19(34(3)4)7-10-22(26)29(21)20-8-5-17(13-23(20)24(36)16-32-31)30(39)41-35-27(37)11-12-28(35)38/h5-10,13-16H,11-12H2,1-4H3/q+1. The summed E-state index contributed by atoms with van der Waals surface area (Å²) in [4.78, 5) is 59.9. The fourth-order valence-corrected chi connectivity index (χ4v) is 4.72. The summed E-state index contributed by atoms with van der Waals surface area (Å²) in [6.07, 6.45) is 0.630. The quantitative estimate of drug-likeness (QED) is 0.0682. The number of carbonyl (C=O) groups excluding carboxylic acids is 4. The molecule has 11 heteroatoms. The van der Waals surface area contributed by atoms with E-state index < -0.39 is 23.6 Å². The number of hydrogen-bond donors (Lipinski definition) is 0. The van der Waals surface area contributed by atoms with Crippen LogP contribution in [0.15, 0.2) is 59.0 Å². The van der Waals surface area contributed by atoms with Crippen molar-refractivity contribution in [2.75, 3.05) is 33.1 Å². The van der Waals surface area contributed by atoms with Gasteiger partial charge in [0.05, 0.1) is 11.6 Å². The van der Waals surface area contributed by atoms with Crippen LogP contribution in [0, 0.1) is 0 Å². The largest absolute Gasteiger partial charge is 0.456 e. The van der Waals surface area contributed by atoms with Gasteiger partial charge in [0.25, 0.3) is 17.6 Å². The second-order valence-corrected chi connectivity index (χ2v) is 9.96. The highest BCUT2D eigenvalue weighted by Crippen LogP contribution is 2.42. The van der Waals surface area contributed by atoms with Gasteiger partial charge in [0.1, 0.15) is 25.4 Å². The Balaban J connectivity index is 1.76. The maximum absolute atomic E-state index is 13.2. The number of hydroxylamine groups is 2. The van der Waals surface area contributed by atoms with Gasteiger partial charge in [-0.2, -0.15) is 4.79 Å². The predicted octanol–water partition coefficient (Wildman–Crippen LogP) is 3.01. The van der Waals surface area contributed by atoms with Crippen LogP contribution >= 0.6 is 0 Å². The Kier molecular flexibility index (Phi) is 7.04. The van der Waals surface area contributed by atoms with Crippen molar-refractivity contribution in [3.63, 3.8) is 0 Å². The molecule has 2 aromatic rings. The molecule has 3 aliphatic rings. The van der Waals surface area contributed by atoms with E-state index in [4.69, 9.17) is 14.8 Å². The van der Waals surface area contributed by atoms with E-state index in [9.17, 15) is 19.2 Å². The number of rotatable bonds is 6. The van der Waals surface area contributed by atoms with Gasteiger partial charge < -0.3 is 19.7 Å². The van der Waals surface area contributed by atoms with Crippen LogP contribution in [0.25, 0.3) is 39.0 Å². The lowest BCUT2D eigenvalue weighted by Gasteiger charge is -2.19. The molecule has 1 fully saturated rings. The zero-order valence-corrected chi connectivity index (χ0v) is 22.9. The van der Waals surface area contributed by atoms with Crippen LogP contribution in [0.3, 0.4) is 0 Å². The van der Waals surface area contributed by atoms with Gasteiger partial charge in [-0.15, -0.1) is 5.06 Å². The number of amides is 2. The monoisotopic (exact) mass is 552 g/mol. The summed E-state index contributed by atoms with van der Waals surface area (Å²) in [5, 5.41) is 2.06. The normalized spacial score (nSPS) is 12.9. The van der Waals surface area contributed by atoms with E-state index in [2.05, 4.69) is 4.79 Å². The third-order valence-corrected chi connectivity index (χ3v) is 6.87. The van der Waals surface area contributed by atoms with Crippen molar-refractivity contribution in [1.29, 1.82) is 0 Å². The van der Waals surface area contributed by atoms with E-state index in [1.165, 1.54) is 12.1 Å². The molecular weight excluding hydrogens is 526 g/mol. The van der Waals surface area contributed by atoms with Gasteiger partial charge in [0.15, 0.2) is 0 Å². The predicted molar refractivity (Wildman–Crippen MR) is 150 cm³/mol. The van der Waals surface area contributed by atoms with Crippen LogP contribution in [-0.2, 0) is 14.4 Å². The van der Waals surface area contributed by atoms with Crippen LogP contribution in [0.4, 0.5) is 5.69 Å².